The number of carbonyl (C=O) groups is 1. The van der Waals surface area contributed by atoms with Crippen molar-refractivity contribution in [2.45, 2.75) is 32.1 Å². The van der Waals surface area contributed by atoms with E-state index in [1.807, 2.05) is 44.2 Å². The maximum Gasteiger partial charge on any atom is 0.316 e. The molecule has 0 heterocycles. The fraction of sp³-hybridized carbons (Fsp3) is 0.562. The molecule has 0 bridgehead atoms. The fourth-order valence-electron chi connectivity index (χ4n) is 2.31. The minimum Gasteiger partial charge on any atom is -0.463 e. The van der Waals surface area contributed by atoms with Gasteiger partial charge in [0.15, 0.2) is 0 Å². The first kappa shape index (κ1) is 17.0. The molecule has 1 aromatic rings. The van der Waals surface area contributed by atoms with Crippen LogP contribution in [-0.2, 0) is 19.7 Å². The van der Waals surface area contributed by atoms with Gasteiger partial charge in [-0.05, 0) is 18.4 Å². The molecular weight excluding hydrogens is 276 g/mol. The van der Waals surface area contributed by atoms with Gasteiger partial charge in [0.1, 0.15) is 6.61 Å². The summed E-state index contributed by atoms with van der Waals surface area (Å²) in [5.41, 5.74) is 0.449. The third-order valence-electron chi connectivity index (χ3n) is 3.61. The van der Waals surface area contributed by atoms with E-state index in [1.54, 1.807) is 0 Å². The molecule has 0 N–H and O–H groups in total. The lowest BCUT2D eigenvalue weighted by Crippen LogP contribution is -2.37. The minimum absolute atomic E-state index is 0.178. The van der Waals surface area contributed by atoms with Crippen molar-refractivity contribution in [2.24, 2.45) is 0 Å². The van der Waals surface area contributed by atoms with Crippen LogP contribution in [0.15, 0.2) is 30.3 Å². The maximum atomic E-state index is 12.5. The van der Waals surface area contributed by atoms with Gasteiger partial charge in [0.25, 0.3) is 0 Å². The molecule has 0 aliphatic rings. The number of halogens is 1. The molecule has 0 aromatic heterocycles. The van der Waals surface area contributed by atoms with E-state index in [4.69, 9.17) is 21.1 Å². The monoisotopic (exact) mass is 298 g/mol. The van der Waals surface area contributed by atoms with Crippen molar-refractivity contribution in [2.75, 3.05) is 25.7 Å². The van der Waals surface area contributed by atoms with Gasteiger partial charge < -0.3 is 9.47 Å². The van der Waals surface area contributed by atoms with Crippen LogP contribution in [-0.4, -0.2) is 31.7 Å². The molecule has 1 rings (SSSR count). The Morgan fingerprint density at radius 3 is 2.30 bits per heavy atom. The first-order valence-corrected chi connectivity index (χ1v) is 7.61. The predicted octanol–water partition coefficient (Wildman–Crippen LogP) is 3.54. The van der Waals surface area contributed by atoms with Crippen molar-refractivity contribution < 1.29 is 14.3 Å². The lowest BCUT2D eigenvalue weighted by molar-refractivity contribution is -0.152. The Bertz CT molecular complexity index is 388. The molecule has 0 saturated carbocycles. The Morgan fingerprint density at radius 1 is 1.10 bits per heavy atom. The lowest BCUT2D eigenvalue weighted by Gasteiger charge is -2.29. The Balaban J connectivity index is 2.68. The van der Waals surface area contributed by atoms with Gasteiger partial charge in [-0.3, -0.25) is 4.79 Å². The molecule has 0 radical (unpaired) electrons. The molecule has 0 unspecified atom stereocenters. The molecule has 1 aromatic carbocycles. The van der Waals surface area contributed by atoms with Crippen LogP contribution in [0.25, 0.3) is 0 Å². The highest BCUT2D eigenvalue weighted by atomic mass is 35.5. The highest BCUT2D eigenvalue weighted by Gasteiger charge is 2.38. The van der Waals surface area contributed by atoms with Gasteiger partial charge in [0, 0.05) is 5.88 Å². The first-order valence-electron chi connectivity index (χ1n) is 7.07. The Kier molecular flexibility index (Phi) is 7.63. The van der Waals surface area contributed by atoms with Gasteiger partial charge in [-0.2, -0.15) is 0 Å². The number of ether oxygens (including phenoxy) is 2. The predicted molar refractivity (Wildman–Crippen MR) is 81.2 cm³/mol. The number of rotatable bonds is 9. The highest BCUT2D eigenvalue weighted by molar-refractivity contribution is 6.17. The zero-order chi connectivity index (χ0) is 14.8. The highest BCUT2D eigenvalue weighted by Crippen LogP contribution is 2.33. The zero-order valence-corrected chi connectivity index (χ0v) is 13.0. The molecule has 112 valence electrons. The van der Waals surface area contributed by atoms with Crippen LogP contribution < -0.4 is 0 Å². The lowest BCUT2D eigenvalue weighted by atomic mass is 9.76. The van der Waals surface area contributed by atoms with Crippen LogP contribution in [0.5, 0.6) is 0 Å². The van der Waals surface area contributed by atoms with Crippen molar-refractivity contribution in [1.82, 2.24) is 0 Å². The number of benzene rings is 1. The summed E-state index contributed by atoms with van der Waals surface area (Å²) in [5, 5.41) is 0. The summed E-state index contributed by atoms with van der Waals surface area (Å²) < 4.78 is 10.6. The molecule has 20 heavy (non-hydrogen) atoms. The van der Waals surface area contributed by atoms with Crippen LogP contribution >= 0.6 is 11.6 Å². The van der Waals surface area contributed by atoms with Crippen molar-refractivity contribution in [3.8, 4) is 0 Å². The van der Waals surface area contributed by atoms with E-state index in [9.17, 15) is 4.79 Å². The van der Waals surface area contributed by atoms with Gasteiger partial charge in [0.05, 0.1) is 18.6 Å². The van der Waals surface area contributed by atoms with Gasteiger partial charge in [-0.15, -0.1) is 11.6 Å². The quantitative estimate of drug-likeness (QED) is 0.397. The molecule has 0 aliphatic heterocycles. The first-order chi connectivity index (χ1) is 9.71. The van der Waals surface area contributed by atoms with E-state index in [0.29, 0.717) is 19.1 Å². The fourth-order valence-corrected chi connectivity index (χ4v) is 2.42. The molecule has 0 atom stereocenters. The van der Waals surface area contributed by atoms with Gasteiger partial charge in [0.2, 0.25) is 0 Å². The van der Waals surface area contributed by atoms with Gasteiger partial charge in [-0.25, -0.2) is 0 Å². The van der Waals surface area contributed by atoms with E-state index >= 15 is 0 Å². The molecular formula is C16H23ClO3. The van der Waals surface area contributed by atoms with Crippen LogP contribution in [0.4, 0.5) is 0 Å². The SMILES string of the molecule is CCC(CC)(C(=O)OCCOCCCl)c1ccccc1. The number of alkyl halides is 1. The minimum atomic E-state index is -0.562. The molecule has 0 saturated heterocycles. The topological polar surface area (TPSA) is 35.5 Å². The third-order valence-corrected chi connectivity index (χ3v) is 3.76. The molecule has 0 fully saturated rings. The standard InChI is InChI=1S/C16H23ClO3/c1-3-16(4-2,14-8-6-5-7-9-14)15(18)20-13-12-19-11-10-17/h5-9H,3-4,10-13H2,1-2H3. The summed E-state index contributed by atoms with van der Waals surface area (Å²) in [4.78, 5) is 12.5. The van der Waals surface area contributed by atoms with E-state index in [1.165, 1.54) is 0 Å². The summed E-state index contributed by atoms with van der Waals surface area (Å²) in [6, 6.07) is 9.82. The normalized spacial score (nSPS) is 11.3. The smallest absolute Gasteiger partial charge is 0.316 e. The van der Waals surface area contributed by atoms with Gasteiger partial charge in [-0.1, -0.05) is 44.2 Å². The zero-order valence-electron chi connectivity index (χ0n) is 12.2. The molecule has 4 heteroatoms. The second kappa shape index (κ2) is 8.98. The van der Waals surface area contributed by atoms with Crippen LogP contribution in [0.3, 0.4) is 0 Å². The number of carbonyl (C=O) groups excluding carboxylic acids is 1. The average molecular weight is 299 g/mol. The van der Waals surface area contributed by atoms with E-state index in [-0.39, 0.29) is 12.6 Å². The largest absolute Gasteiger partial charge is 0.463 e. The van der Waals surface area contributed by atoms with E-state index in [0.717, 1.165) is 18.4 Å². The molecule has 0 amide bonds. The third kappa shape index (κ3) is 4.22. The summed E-state index contributed by atoms with van der Waals surface area (Å²) in [6.07, 6.45) is 1.43. The maximum absolute atomic E-state index is 12.5. The van der Waals surface area contributed by atoms with Crippen LogP contribution in [0, 0.1) is 0 Å². The second-order valence-electron chi connectivity index (χ2n) is 4.59. The Labute approximate surface area is 126 Å². The number of hydrogen-bond acceptors (Lipinski definition) is 3. The van der Waals surface area contributed by atoms with Crippen molar-refractivity contribution in [3.05, 3.63) is 35.9 Å². The van der Waals surface area contributed by atoms with Gasteiger partial charge >= 0.3 is 5.97 Å². The number of esters is 1. The second-order valence-corrected chi connectivity index (χ2v) is 4.97. The summed E-state index contributed by atoms with van der Waals surface area (Å²) in [7, 11) is 0. The van der Waals surface area contributed by atoms with Crippen molar-refractivity contribution >= 4 is 17.6 Å². The average Bonchev–Trinajstić information content (AvgIpc) is 2.50. The van der Waals surface area contributed by atoms with Crippen molar-refractivity contribution in [1.29, 1.82) is 0 Å². The van der Waals surface area contributed by atoms with E-state index < -0.39 is 5.41 Å². The van der Waals surface area contributed by atoms with Crippen LogP contribution in [0.1, 0.15) is 32.3 Å². The van der Waals surface area contributed by atoms with Crippen LogP contribution in [0.2, 0.25) is 0 Å². The molecule has 0 aliphatic carbocycles. The molecule has 0 spiro atoms. The summed E-state index contributed by atoms with van der Waals surface area (Å²) in [5.74, 6) is 0.273. The Hall–Kier alpha value is -1.06. The molecule has 3 nitrogen and oxygen atoms in total. The van der Waals surface area contributed by atoms with Crippen molar-refractivity contribution in [3.63, 3.8) is 0 Å². The summed E-state index contributed by atoms with van der Waals surface area (Å²) in [6.45, 7) is 5.16. The Morgan fingerprint density at radius 2 is 1.75 bits per heavy atom. The number of hydrogen-bond donors (Lipinski definition) is 0. The van der Waals surface area contributed by atoms with E-state index in [2.05, 4.69) is 0 Å². The summed E-state index contributed by atoms with van der Waals surface area (Å²) >= 11 is 5.51.